The number of urea groups is 2. The monoisotopic (exact) mass is 436 g/mol. The van der Waals surface area contributed by atoms with Crippen LogP contribution in [0.15, 0.2) is 48.5 Å². The van der Waals surface area contributed by atoms with E-state index in [-0.39, 0.29) is 12.1 Å². The van der Waals surface area contributed by atoms with Gasteiger partial charge in [-0.25, -0.2) is 9.59 Å². The lowest BCUT2D eigenvalue weighted by molar-refractivity contribution is 0.239. The third kappa shape index (κ3) is 6.16. The SMILES string of the molecule is Cc1ccc(CNC(=O)NCc2cccc(CNC(=O)NCc3ccc(C)n3C)c2)n1C. The van der Waals surface area contributed by atoms with Crippen LogP contribution < -0.4 is 21.3 Å². The van der Waals surface area contributed by atoms with E-state index in [0.29, 0.717) is 26.2 Å². The number of hydrogen-bond acceptors (Lipinski definition) is 2. The molecule has 1 aromatic carbocycles. The highest BCUT2D eigenvalue weighted by Gasteiger charge is 2.06. The largest absolute Gasteiger partial charge is 0.350 e. The maximum Gasteiger partial charge on any atom is 0.315 e. The van der Waals surface area contributed by atoms with Crippen molar-refractivity contribution < 1.29 is 9.59 Å². The van der Waals surface area contributed by atoms with Crippen LogP contribution in [0, 0.1) is 13.8 Å². The number of hydrogen-bond donors (Lipinski definition) is 4. The first-order chi connectivity index (χ1) is 15.3. The Balaban J connectivity index is 1.40. The lowest BCUT2D eigenvalue weighted by atomic mass is 10.1. The second-order valence-corrected chi connectivity index (χ2v) is 7.94. The van der Waals surface area contributed by atoms with E-state index in [9.17, 15) is 9.59 Å². The molecule has 0 unspecified atom stereocenters. The molecule has 0 saturated carbocycles. The van der Waals surface area contributed by atoms with Crippen LogP contribution in [0.4, 0.5) is 9.59 Å². The van der Waals surface area contributed by atoms with Gasteiger partial charge in [-0.3, -0.25) is 0 Å². The van der Waals surface area contributed by atoms with Crippen LogP contribution in [0.5, 0.6) is 0 Å². The normalized spacial score (nSPS) is 10.6. The first-order valence-electron chi connectivity index (χ1n) is 10.7. The number of aryl methyl sites for hydroxylation is 2. The number of nitrogens with one attached hydrogen (secondary N) is 4. The molecule has 4 N–H and O–H groups in total. The molecule has 3 rings (SSSR count). The topological polar surface area (TPSA) is 92.1 Å². The van der Waals surface area contributed by atoms with Crippen molar-refractivity contribution in [3.8, 4) is 0 Å². The predicted molar refractivity (Wildman–Crippen MR) is 125 cm³/mol. The van der Waals surface area contributed by atoms with Gasteiger partial charge in [-0.1, -0.05) is 24.3 Å². The van der Waals surface area contributed by atoms with Crippen LogP contribution in [-0.2, 0) is 40.3 Å². The lowest BCUT2D eigenvalue weighted by Gasteiger charge is -2.11. The molecule has 0 spiro atoms. The number of carbonyl (C=O) groups excluding carboxylic acids is 2. The molecule has 0 atom stereocenters. The van der Waals surface area contributed by atoms with E-state index < -0.39 is 0 Å². The number of benzene rings is 1. The number of carbonyl (C=O) groups is 2. The molecule has 0 bridgehead atoms. The first kappa shape index (κ1) is 23.0. The predicted octanol–water partition coefficient (Wildman–Crippen LogP) is 2.98. The Bertz CT molecular complexity index is 1000. The van der Waals surface area contributed by atoms with E-state index in [1.165, 1.54) is 0 Å². The van der Waals surface area contributed by atoms with Gasteiger partial charge in [0.15, 0.2) is 0 Å². The number of amides is 4. The van der Waals surface area contributed by atoms with Gasteiger partial charge >= 0.3 is 12.1 Å². The maximum atomic E-state index is 12.1. The van der Waals surface area contributed by atoms with Crippen molar-refractivity contribution in [1.82, 2.24) is 30.4 Å². The lowest BCUT2D eigenvalue weighted by Crippen LogP contribution is -2.35. The van der Waals surface area contributed by atoms with Gasteiger partial charge in [-0.15, -0.1) is 0 Å². The molecule has 170 valence electrons. The van der Waals surface area contributed by atoms with E-state index in [2.05, 4.69) is 21.3 Å². The van der Waals surface area contributed by atoms with Crippen molar-refractivity contribution >= 4 is 12.1 Å². The summed E-state index contributed by atoms with van der Waals surface area (Å²) in [5, 5.41) is 11.5. The van der Waals surface area contributed by atoms with Crippen molar-refractivity contribution in [2.75, 3.05) is 0 Å². The van der Waals surface area contributed by atoms with Gasteiger partial charge in [0.25, 0.3) is 0 Å². The quantitative estimate of drug-likeness (QED) is 0.437. The molecule has 0 aliphatic heterocycles. The molecule has 32 heavy (non-hydrogen) atoms. The van der Waals surface area contributed by atoms with Gasteiger partial charge in [0.1, 0.15) is 0 Å². The molecular formula is C24H32N6O2. The maximum absolute atomic E-state index is 12.1. The van der Waals surface area contributed by atoms with Crippen LogP contribution in [0.25, 0.3) is 0 Å². The molecule has 0 saturated heterocycles. The highest BCUT2D eigenvalue weighted by molar-refractivity contribution is 5.74. The molecule has 2 heterocycles. The minimum Gasteiger partial charge on any atom is -0.350 e. The average Bonchev–Trinajstić information content (AvgIpc) is 3.29. The Morgan fingerprint density at radius 3 is 1.44 bits per heavy atom. The second-order valence-electron chi connectivity index (χ2n) is 7.94. The fraction of sp³-hybridized carbons (Fsp3) is 0.333. The fourth-order valence-electron chi connectivity index (χ4n) is 3.37. The van der Waals surface area contributed by atoms with E-state index in [1.807, 2.05) is 85.6 Å². The van der Waals surface area contributed by atoms with E-state index in [4.69, 9.17) is 0 Å². The molecule has 8 nitrogen and oxygen atoms in total. The van der Waals surface area contributed by atoms with E-state index >= 15 is 0 Å². The zero-order valence-corrected chi connectivity index (χ0v) is 19.2. The van der Waals surface area contributed by atoms with Gasteiger partial charge in [-0.2, -0.15) is 0 Å². The highest BCUT2D eigenvalue weighted by atomic mass is 16.2. The van der Waals surface area contributed by atoms with Gasteiger partial charge in [0, 0.05) is 50.0 Å². The molecule has 8 heteroatoms. The van der Waals surface area contributed by atoms with Crippen LogP contribution in [0.3, 0.4) is 0 Å². The standard InChI is InChI=1S/C24H32N6O2/c1-17-8-10-21(29(17)3)15-27-23(31)25-13-19-6-5-7-20(12-19)14-26-24(32)28-16-22-11-9-18(2)30(22)4/h5-12H,13-16H2,1-4H3,(H2,25,27,31)(H2,26,28,32). The van der Waals surface area contributed by atoms with Crippen molar-refractivity contribution in [1.29, 1.82) is 0 Å². The van der Waals surface area contributed by atoms with Crippen LogP contribution in [-0.4, -0.2) is 21.2 Å². The summed E-state index contributed by atoms with van der Waals surface area (Å²) >= 11 is 0. The van der Waals surface area contributed by atoms with Gasteiger partial charge in [-0.05, 0) is 49.2 Å². The van der Waals surface area contributed by atoms with Crippen molar-refractivity contribution in [3.63, 3.8) is 0 Å². The van der Waals surface area contributed by atoms with E-state index in [1.54, 1.807) is 0 Å². The molecule has 0 aliphatic carbocycles. The summed E-state index contributed by atoms with van der Waals surface area (Å²) in [6, 6.07) is 15.4. The van der Waals surface area contributed by atoms with Gasteiger partial charge < -0.3 is 30.4 Å². The number of aromatic nitrogens is 2. The molecule has 0 fully saturated rings. The van der Waals surface area contributed by atoms with Crippen molar-refractivity contribution in [2.45, 2.75) is 40.0 Å². The molecule has 3 aromatic rings. The van der Waals surface area contributed by atoms with Crippen LogP contribution in [0.2, 0.25) is 0 Å². The fourth-order valence-corrected chi connectivity index (χ4v) is 3.37. The summed E-state index contributed by atoms with van der Waals surface area (Å²) in [4.78, 5) is 24.2. The second kappa shape index (κ2) is 10.6. The Morgan fingerprint density at radius 2 is 1.06 bits per heavy atom. The summed E-state index contributed by atoms with van der Waals surface area (Å²) in [6.07, 6.45) is 0. The van der Waals surface area contributed by atoms with Crippen LogP contribution in [0.1, 0.15) is 33.9 Å². The van der Waals surface area contributed by atoms with E-state index in [0.717, 1.165) is 33.9 Å². The Hall–Kier alpha value is -3.68. The summed E-state index contributed by atoms with van der Waals surface area (Å²) < 4.78 is 4.10. The first-order valence-corrected chi connectivity index (χ1v) is 10.7. The van der Waals surface area contributed by atoms with Crippen LogP contribution >= 0.6 is 0 Å². The summed E-state index contributed by atoms with van der Waals surface area (Å²) in [7, 11) is 3.96. The van der Waals surface area contributed by atoms with Crippen molar-refractivity contribution in [2.24, 2.45) is 14.1 Å². The Morgan fingerprint density at radius 1 is 0.656 bits per heavy atom. The number of rotatable bonds is 8. The zero-order valence-electron chi connectivity index (χ0n) is 19.2. The average molecular weight is 437 g/mol. The Labute approximate surface area is 189 Å². The summed E-state index contributed by atoms with van der Waals surface area (Å²) in [5.41, 5.74) is 6.33. The van der Waals surface area contributed by atoms with Crippen molar-refractivity contribution in [3.05, 3.63) is 82.4 Å². The minimum atomic E-state index is -0.220. The summed E-state index contributed by atoms with van der Waals surface area (Å²) in [5.74, 6) is 0. The zero-order chi connectivity index (χ0) is 23.1. The van der Waals surface area contributed by atoms with Gasteiger partial charge in [0.2, 0.25) is 0 Å². The molecule has 0 aliphatic rings. The van der Waals surface area contributed by atoms with Gasteiger partial charge in [0.05, 0.1) is 13.1 Å². The Kier molecular flexibility index (Phi) is 7.59. The molecule has 2 aromatic heterocycles. The third-order valence-electron chi connectivity index (χ3n) is 5.71. The third-order valence-corrected chi connectivity index (χ3v) is 5.71. The minimum absolute atomic E-state index is 0.220. The smallest absolute Gasteiger partial charge is 0.315 e. The molecule has 4 amide bonds. The summed E-state index contributed by atoms with van der Waals surface area (Å²) in [6.45, 7) is 5.81. The molecular weight excluding hydrogens is 404 g/mol. The highest BCUT2D eigenvalue weighted by Crippen LogP contribution is 2.07. The molecule has 0 radical (unpaired) electrons. The number of nitrogens with zero attached hydrogens (tertiary/aromatic N) is 2.